The third-order valence-electron chi connectivity index (χ3n) is 4.71. The Morgan fingerprint density at radius 1 is 1.13 bits per heavy atom. The molecule has 0 saturated carbocycles. The molecule has 0 aliphatic heterocycles. The lowest BCUT2D eigenvalue weighted by Gasteiger charge is -2.21. The number of nitrogens with zero attached hydrogens (tertiary/aromatic N) is 4. The van der Waals surface area contributed by atoms with Crippen molar-refractivity contribution in [2.24, 2.45) is 0 Å². The molecule has 0 aliphatic carbocycles. The summed E-state index contributed by atoms with van der Waals surface area (Å²) in [5.74, 6) is 0.610. The highest BCUT2D eigenvalue weighted by molar-refractivity contribution is 7.22. The molecule has 2 heterocycles. The molecule has 30 heavy (non-hydrogen) atoms. The van der Waals surface area contributed by atoms with Crippen LogP contribution in [-0.4, -0.2) is 27.3 Å². The lowest BCUT2D eigenvalue weighted by atomic mass is 10.2. The summed E-state index contributed by atoms with van der Waals surface area (Å²) in [6, 6.07) is 17.6. The monoisotopic (exact) mass is 420 g/mol. The Bertz CT molecular complexity index is 1150. The van der Waals surface area contributed by atoms with Crippen molar-refractivity contribution >= 4 is 32.6 Å². The van der Waals surface area contributed by atoms with Gasteiger partial charge in [-0.2, -0.15) is 5.10 Å². The molecule has 7 heteroatoms. The van der Waals surface area contributed by atoms with Crippen LogP contribution in [0.2, 0.25) is 0 Å². The van der Waals surface area contributed by atoms with E-state index in [-0.39, 0.29) is 11.9 Å². The van der Waals surface area contributed by atoms with Crippen molar-refractivity contribution in [2.45, 2.75) is 33.4 Å². The molecule has 4 aromatic rings. The molecule has 1 amide bonds. The van der Waals surface area contributed by atoms with Crippen LogP contribution in [0.25, 0.3) is 10.2 Å². The largest absolute Gasteiger partial charge is 0.492 e. The first-order valence-corrected chi connectivity index (χ1v) is 10.8. The zero-order chi connectivity index (χ0) is 21.1. The summed E-state index contributed by atoms with van der Waals surface area (Å²) in [5.41, 5.74) is 2.36. The number of benzene rings is 2. The minimum absolute atomic E-state index is 0.0810. The molecule has 154 valence electrons. The number of thiazole rings is 1. The van der Waals surface area contributed by atoms with Crippen molar-refractivity contribution in [3.8, 4) is 5.75 Å². The van der Waals surface area contributed by atoms with E-state index < -0.39 is 0 Å². The molecule has 0 saturated heterocycles. The number of para-hydroxylation sites is 1. The second kappa shape index (κ2) is 8.67. The third-order valence-corrected chi connectivity index (χ3v) is 5.75. The zero-order valence-corrected chi connectivity index (χ0v) is 18.1. The first-order valence-electron chi connectivity index (χ1n) is 10.00. The van der Waals surface area contributed by atoms with Gasteiger partial charge in [0.15, 0.2) is 5.13 Å². The Hall–Kier alpha value is -3.19. The summed E-state index contributed by atoms with van der Waals surface area (Å²) in [6.07, 6.45) is 1.67. The third kappa shape index (κ3) is 3.93. The predicted octanol–water partition coefficient (Wildman–Crippen LogP) is 5.32. The van der Waals surface area contributed by atoms with Gasteiger partial charge >= 0.3 is 0 Å². The van der Waals surface area contributed by atoms with Crippen molar-refractivity contribution in [3.63, 3.8) is 0 Å². The standard InChI is InChI=1S/C23H24N4O2S/c1-4-29-19-11-8-12-20-21(19)25-23(30-20)26(15-17-9-6-5-7-10-17)22(28)18-13-14-24-27(18)16(2)3/h5-14,16H,4,15H2,1-3H3. The van der Waals surface area contributed by atoms with Crippen LogP contribution in [0.15, 0.2) is 60.8 Å². The number of carbonyl (C=O) groups is 1. The van der Waals surface area contributed by atoms with E-state index in [0.717, 1.165) is 21.5 Å². The number of rotatable bonds is 7. The maximum absolute atomic E-state index is 13.6. The van der Waals surface area contributed by atoms with Crippen LogP contribution < -0.4 is 9.64 Å². The summed E-state index contributed by atoms with van der Waals surface area (Å²) in [6.45, 7) is 6.96. The van der Waals surface area contributed by atoms with E-state index in [2.05, 4.69) is 5.10 Å². The van der Waals surface area contributed by atoms with Crippen LogP contribution >= 0.6 is 11.3 Å². The van der Waals surface area contributed by atoms with Crippen molar-refractivity contribution in [1.29, 1.82) is 0 Å². The van der Waals surface area contributed by atoms with Gasteiger partial charge in [-0.1, -0.05) is 47.7 Å². The molecule has 6 nitrogen and oxygen atoms in total. The quantitative estimate of drug-likeness (QED) is 0.406. The number of fused-ring (bicyclic) bond motifs is 1. The second-order valence-corrected chi connectivity index (χ2v) is 8.17. The lowest BCUT2D eigenvalue weighted by Crippen LogP contribution is -2.32. The molecule has 4 rings (SSSR count). The average molecular weight is 421 g/mol. The van der Waals surface area contributed by atoms with Gasteiger partial charge in [0.1, 0.15) is 17.0 Å². The number of hydrogen-bond donors (Lipinski definition) is 0. The Kier molecular flexibility index (Phi) is 5.81. The van der Waals surface area contributed by atoms with E-state index in [9.17, 15) is 4.79 Å². The smallest absolute Gasteiger partial charge is 0.278 e. The molecule has 2 aromatic carbocycles. The maximum atomic E-state index is 13.6. The summed E-state index contributed by atoms with van der Waals surface area (Å²) >= 11 is 1.49. The molecular weight excluding hydrogens is 396 g/mol. The summed E-state index contributed by atoms with van der Waals surface area (Å²) < 4.78 is 8.48. The summed E-state index contributed by atoms with van der Waals surface area (Å²) in [5, 5.41) is 4.97. The van der Waals surface area contributed by atoms with Gasteiger partial charge in [0.2, 0.25) is 0 Å². The SMILES string of the molecule is CCOc1cccc2sc(N(Cc3ccccc3)C(=O)c3ccnn3C(C)C)nc12. The van der Waals surface area contributed by atoms with Crippen LogP contribution in [0.3, 0.4) is 0 Å². The highest BCUT2D eigenvalue weighted by Gasteiger charge is 2.25. The molecule has 0 atom stereocenters. The molecular formula is C23H24N4O2S. The first-order chi connectivity index (χ1) is 14.6. The highest BCUT2D eigenvalue weighted by Crippen LogP contribution is 2.35. The molecule has 0 unspecified atom stereocenters. The Balaban J connectivity index is 1.79. The summed E-state index contributed by atoms with van der Waals surface area (Å²) in [7, 11) is 0. The molecule has 0 aliphatic rings. The van der Waals surface area contributed by atoms with Crippen LogP contribution in [-0.2, 0) is 6.54 Å². The Labute approximate surface area is 179 Å². The van der Waals surface area contributed by atoms with Gasteiger partial charge in [-0.05, 0) is 44.5 Å². The fourth-order valence-corrected chi connectivity index (χ4v) is 4.31. The van der Waals surface area contributed by atoms with Crippen LogP contribution in [0, 0.1) is 0 Å². The summed E-state index contributed by atoms with van der Waals surface area (Å²) in [4.78, 5) is 20.2. The van der Waals surface area contributed by atoms with E-state index in [0.29, 0.717) is 24.0 Å². The van der Waals surface area contributed by atoms with E-state index in [4.69, 9.17) is 9.72 Å². The topological polar surface area (TPSA) is 60.2 Å². The van der Waals surface area contributed by atoms with Crippen LogP contribution in [0.4, 0.5) is 5.13 Å². The maximum Gasteiger partial charge on any atom is 0.278 e. The first kappa shape index (κ1) is 20.1. The molecule has 0 spiro atoms. The number of amides is 1. The van der Waals surface area contributed by atoms with Gasteiger partial charge in [-0.25, -0.2) is 4.98 Å². The van der Waals surface area contributed by atoms with E-state index in [1.165, 1.54) is 11.3 Å². The number of hydrogen-bond acceptors (Lipinski definition) is 5. The number of aromatic nitrogens is 3. The molecule has 0 bridgehead atoms. The molecule has 2 aromatic heterocycles. The van der Waals surface area contributed by atoms with E-state index >= 15 is 0 Å². The van der Waals surface area contributed by atoms with Gasteiger partial charge in [0, 0.05) is 12.2 Å². The molecule has 0 fully saturated rings. The number of ether oxygens (including phenoxy) is 1. The normalized spacial score (nSPS) is 11.2. The number of anilines is 1. The molecule has 0 radical (unpaired) electrons. The van der Waals surface area contributed by atoms with Gasteiger partial charge in [0.25, 0.3) is 5.91 Å². The highest BCUT2D eigenvalue weighted by atomic mass is 32.1. The van der Waals surface area contributed by atoms with Gasteiger partial charge in [0.05, 0.1) is 17.9 Å². The average Bonchev–Trinajstić information content (AvgIpc) is 3.40. The Morgan fingerprint density at radius 3 is 2.67 bits per heavy atom. The lowest BCUT2D eigenvalue weighted by molar-refractivity contribution is 0.0973. The minimum atomic E-state index is -0.123. The van der Waals surface area contributed by atoms with Crippen molar-refractivity contribution in [3.05, 3.63) is 72.1 Å². The fraction of sp³-hybridized carbons (Fsp3) is 0.261. The van der Waals surface area contributed by atoms with Crippen LogP contribution in [0.1, 0.15) is 42.9 Å². The van der Waals surface area contributed by atoms with Gasteiger partial charge < -0.3 is 4.74 Å². The van der Waals surface area contributed by atoms with E-state index in [1.54, 1.807) is 21.8 Å². The van der Waals surface area contributed by atoms with Crippen LogP contribution in [0.5, 0.6) is 5.75 Å². The predicted molar refractivity (Wildman–Crippen MR) is 120 cm³/mol. The van der Waals surface area contributed by atoms with Gasteiger partial charge in [-0.15, -0.1) is 0 Å². The number of carbonyl (C=O) groups excluding carboxylic acids is 1. The van der Waals surface area contributed by atoms with Crippen molar-refractivity contribution in [2.75, 3.05) is 11.5 Å². The van der Waals surface area contributed by atoms with E-state index in [1.807, 2.05) is 69.3 Å². The zero-order valence-electron chi connectivity index (χ0n) is 17.3. The molecule has 0 N–H and O–H groups in total. The Morgan fingerprint density at radius 2 is 1.93 bits per heavy atom. The fourth-order valence-electron chi connectivity index (χ4n) is 3.32. The van der Waals surface area contributed by atoms with Crippen molar-refractivity contribution < 1.29 is 9.53 Å². The second-order valence-electron chi connectivity index (χ2n) is 7.16. The van der Waals surface area contributed by atoms with Gasteiger partial charge in [-0.3, -0.25) is 14.4 Å². The minimum Gasteiger partial charge on any atom is -0.492 e. The van der Waals surface area contributed by atoms with Crippen molar-refractivity contribution in [1.82, 2.24) is 14.8 Å².